The van der Waals surface area contributed by atoms with E-state index in [0.717, 1.165) is 30.3 Å². The zero-order valence-electron chi connectivity index (χ0n) is 21.3. The molecule has 5 atom stereocenters. The largest absolute Gasteiger partial charge is 0.386 e. The number of aliphatic hydroxyl groups is 2. The molecule has 2 saturated carbocycles. The van der Waals surface area contributed by atoms with Gasteiger partial charge < -0.3 is 15.5 Å². The van der Waals surface area contributed by atoms with Crippen molar-refractivity contribution in [1.29, 1.82) is 0 Å². The lowest BCUT2D eigenvalue weighted by molar-refractivity contribution is -0.146. The Morgan fingerprint density at radius 1 is 1.05 bits per heavy atom. The average molecular weight is 613 g/mol. The summed E-state index contributed by atoms with van der Waals surface area (Å²) in [6.45, 7) is 0. The minimum Gasteiger partial charge on any atom is -0.386 e. The van der Waals surface area contributed by atoms with Gasteiger partial charge in [-0.2, -0.15) is 0 Å². The van der Waals surface area contributed by atoms with E-state index < -0.39 is 68.2 Å². The van der Waals surface area contributed by atoms with E-state index in [1.165, 1.54) is 24.4 Å². The Morgan fingerprint density at radius 3 is 2.37 bits per heavy atom. The smallest absolute Gasteiger partial charge is 0.265 e. The van der Waals surface area contributed by atoms with E-state index in [-0.39, 0.29) is 39.7 Å². The zero-order chi connectivity index (χ0) is 29.7. The van der Waals surface area contributed by atoms with E-state index in [1.807, 2.05) is 0 Å². The number of benzene rings is 2. The van der Waals surface area contributed by atoms with Crippen LogP contribution in [-0.2, 0) is 9.84 Å². The number of pyridine rings is 1. The molecule has 0 spiro atoms. The van der Waals surface area contributed by atoms with Crippen LogP contribution in [0, 0.1) is 23.5 Å². The number of rotatable bonds is 7. The molecule has 5 rings (SSSR count). The van der Waals surface area contributed by atoms with Gasteiger partial charge in [-0.1, -0.05) is 11.6 Å². The van der Waals surface area contributed by atoms with E-state index in [2.05, 4.69) is 10.3 Å². The SMILES string of the molecule is O=C(Nc1ccc(F)c(F)c1)c1ccc(Cl)c(S(=O)(=O)[C@@H]2CC3CC[C@@H](C2)[C@@]3(O)C(O)c2ncccc2C(F)F)c1. The topological polar surface area (TPSA) is 117 Å². The van der Waals surface area contributed by atoms with Crippen molar-refractivity contribution in [2.75, 3.05) is 5.32 Å². The fourth-order valence-electron chi connectivity index (χ4n) is 6.12. The first-order valence-electron chi connectivity index (χ1n) is 12.8. The summed E-state index contributed by atoms with van der Waals surface area (Å²) < 4.78 is 81.5. The molecule has 0 saturated heterocycles. The summed E-state index contributed by atoms with van der Waals surface area (Å²) in [7, 11) is -4.17. The van der Waals surface area contributed by atoms with Crippen molar-refractivity contribution in [3.8, 4) is 0 Å². The number of hydrogen-bond donors (Lipinski definition) is 3. The molecular weight excluding hydrogens is 588 g/mol. The van der Waals surface area contributed by atoms with E-state index in [0.29, 0.717) is 12.8 Å². The van der Waals surface area contributed by atoms with Crippen LogP contribution in [0.4, 0.5) is 23.2 Å². The van der Waals surface area contributed by atoms with Crippen LogP contribution in [0.2, 0.25) is 5.02 Å². The van der Waals surface area contributed by atoms with Gasteiger partial charge in [-0.05, 0) is 80.0 Å². The number of hydrogen-bond acceptors (Lipinski definition) is 6. The number of aliphatic hydroxyl groups excluding tert-OH is 1. The van der Waals surface area contributed by atoms with E-state index in [9.17, 15) is 41.0 Å². The van der Waals surface area contributed by atoms with Crippen LogP contribution in [-0.4, -0.2) is 40.4 Å². The van der Waals surface area contributed by atoms with Crippen molar-refractivity contribution in [3.05, 3.63) is 88.2 Å². The van der Waals surface area contributed by atoms with Gasteiger partial charge in [0.25, 0.3) is 12.3 Å². The van der Waals surface area contributed by atoms with Crippen molar-refractivity contribution in [3.63, 3.8) is 0 Å². The highest BCUT2D eigenvalue weighted by molar-refractivity contribution is 7.92. The van der Waals surface area contributed by atoms with Crippen LogP contribution in [0.25, 0.3) is 0 Å². The second-order valence-corrected chi connectivity index (χ2v) is 13.0. The van der Waals surface area contributed by atoms with Gasteiger partial charge in [-0.15, -0.1) is 0 Å². The summed E-state index contributed by atoms with van der Waals surface area (Å²) in [5.41, 5.74) is -2.85. The first kappa shape index (κ1) is 29.4. The molecule has 13 heteroatoms. The van der Waals surface area contributed by atoms with Crippen LogP contribution < -0.4 is 5.32 Å². The van der Waals surface area contributed by atoms with Crippen LogP contribution in [0.15, 0.2) is 59.6 Å². The quantitative estimate of drug-likeness (QED) is 0.298. The van der Waals surface area contributed by atoms with Gasteiger partial charge in [0, 0.05) is 29.1 Å². The van der Waals surface area contributed by atoms with Gasteiger partial charge in [0.2, 0.25) is 0 Å². The highest BCUT2D eigenvalue weighted by atomic mass is 35.5. The fourth-order valence-corrected chi connectivity index (χ4v) is 8.53. The van der Waals surface area contributed by atoms with Crippen LogP contribution in [0.1, 0.15) is 59.8 Å². The first-order valence-corrected chi connectivity index (χ1v) is 14.7. The molecule has 218 valence electrons. The maximum Gasteiger partial charge on any atom is 0.265 e. The molecule has 41 heavy (non-hydrogen) atoms. The number of nitrogens with zero attached hydrogens (tertiary/aromatic N) is 1. The fraction of sp³-hybridized carbons (Fsp3) is 0.357. The lowest BCUT2D eigenvalue weighted by Crippen LogP contribution is -2.52. The molecule has 2 aromatic carbocycles. The molecule has 2 aliphatic carbocycles. The molecule has 2 unspecified atom stereocenters. The number of fused-ring (bicyclic) bond motifs is 2. The number of sulfone groups is 1. The number of halogens is 5. The zero-order valence-corrected chi connectivity index (χ0v) is 22.8. The number of aromatic nitrogens is 1. The molecule has 0 aliphatic heterocycles. The molecule has 1 amide bonds. The predicted octanol–water partition coefficient (Wildman–Crippen LogP) is 5.63. The van der Waals surface area contributed by atoms with Crippen molar-refractivity contribution in [2.45, 2.75) is 54.0 Å². The standard InChI is InChI=1S/C28H25ClF4N2O5S/c29-20-7-3-14(27(37)35-17-6-8-21(30)22(31)13-17)10-23(20)41(39,40)18-11-15-4-5-16(12-18)28(15,38)25(36)24-19(26(32)33)2-1-9-34-24/h1-3,6-10,13,15-16,18,25-26,36,38H,4-5,11-12H2,(H,35,37)/t15-,16?,18-,25?,28-/m0/s1. The Bertz CT molecular complexity index is 1590. The Morgan fingerprint density at radius 2 is 1.73 bits per heavy atom. The minimum absolute atomic E-state index is 0.0436. The van der Waals surface area contributed by atoms with Crippen molar-refractivity contribution >= 4 is 33.0 Å². The third kappa shape index (κ3) is 5.22. The summed E-state index contributed by atoms with van der Waals surface area (Å²) in [6, 6.07) is 8.79. The Kier molecular flexibility index (Phi) is 7.88. The highest BCUT2D eigenvalue weighted by Crippen LogP contribution is 2.57. The maximum absolute atomic E-state index is 13.8. The molecule has 2 bridgehead atoms. The molecule has 3 N–H and O–H groups in total. The number of anilines is 1. The molecule has 7 nitrogen and oxygen atoms in total. The maximum atomic E-state index is 13.8. The van der Waals surface area contributed by atoms with Gasteiger partial charge >= 0.3 is 0 Å². The van der Waals surface area contributed by atoms with Crippen LogP contribution in [0.3, 0.4) is 0 Å². The monoisotopic (exact) mass is 612 g/mol. The van der Waals surface area contributed by atoms with Gasteiger partial charge in [-0.3, -0.25) is 9.78 Å². The minimum atomic E-state index is -4.17. The van der Waals surface area contributed by atoms with Gasteiger partial charge in [-0.25, -0.2) is 26.0 Å². The summed E-state index contributed by atoms with van der Waals surface area (Å²) in [6.07, 6.45) is -2.86. The molecule has 0 radical (unpaired) electrons. The average Bonchev–Trinajstić information content (AvgIpc) is 3.10. The lowest BCUT2D eigenvalue weighted by Gasteiger charge is -2.45. The lowest BCUT2D eigenvalue weighted by atomic mass is 9.70. The molecule has 1 aromatic heterocycles. The van der Waals surface area contributed by atoms with Gasteiger partial charge in [0.1, 0.15) is 11.7 Å². The Labute approximate surface area is 238 Å². The van der Waals surface area contributed by atoms with E-state index in [4.69, 9.17) is 11.6 Å². The molecule has 1 heterocycles. The summed E-state index contributed by atoms with van der Waals surface area (Å²) in [4.78, 5) is 16.4. The summed E-state index contributed by atoms with van der Waals surface area (Å²) in [5.74, 6) is -4.52. The Balaban J connectivity index is 1.40. The van der Waals surface area contributed by atoms with E-state index >= 15 is 0 Å². The second kappa shape index (κ2) is 11.0. The van der Waals surface area contributed by atoms with Crippen molar-refractivity contribution in [1.82, 2.24) is 4.98 Å². The first-order chi connectivity index (χ1) is 19.3. The third-order valence-corrected chi connectivity index (χ3v) is 10.8. The number of alkyl halides is 2. The second-order valence-electron chi connectivity index (χ2n) is 10.4. The third-order valence-electron chi connectivity index (χ3n) is 8.19. The molecule has 2 fully saturated rings. The number of carbonyl (C=O) groups excluding carboxylic acids is 1. The highest BCUT2D eigenvalue weighted by Gasteiger charge is 2.60. The van der Waals surface area contributed by atoms with Crippen molar-refractivity contribution in [2.24, 2.45) is 11.8 Å². The Hall–Kier alpha value is -3.06. The van der Waals surface area contributed by atoms with Crippen molar-refractivity contribution < 1.29 is 41.0 Å². The summed E-state index contributed by atoms with van der Waals surface area (Å²) >= 11 is 6.25. The molecular formula is C28H25ClF4N2O5S. The normalized spacial score (nSPS) is 24.8. The molecule has 3 aromatic rings. The number of nitrogens with one attached hydrogen (secondary N) is 1. The van der Waals surface area contributed by atoms with Gasteiger partial charge in [0.15, 0.2) is 21.5 Å². The number of carbonyl (C=O) groups is 1. The van der Waals surface area contributed by atoms with Gasteiger partial charge in [0.05, 0.1) is 20.9 Å². The summed E-state index contributed by atoms with van der Waals surface area (Å²) in [5, 5.41) is 24.0. The van der Waals surface area contributed by atoms with Crippen LogP contribution in [0.5, 0.6) is 0 Å². The predicted molar refractivity (Wildman–Crippen MR) is 141 cm³/mol. The van der Waals surface area contributed by atoms with E-state index in [1.54, 1.807) is 0 Å². The van der Waals surface area contributed by atoms with Crippen LogP contribution >= 0.6 is 11.6 Å². The number of amides is 1. The molecule has 2 aliphatic rings.